The maximum Gasteiger partial charge on any atom is 0.256 e. The average Bonchev–Trinajstić information content (AvgIpc) is 2.79. The van der Waals surface area contributed by atoms with Crippen molar-refractivity contribution < 1.29 is 28.2 Å². The topological polar surface area (TPSA) is 98.8 Å². The second-order valence-corrected chi connectivity index (χ2v) is 6.26. The molecule has 1 aromatic heterocycles. The van der Waals surface area contributed by atoms with Gasteiger partial charge in [0.05, 0.1) is 33.2 Å². The summed E-state index contributed by atoms with van der Waals surface area (Å²) in [7, 11) is 4.39. The summed E-state index contributed by atoms with van der Waals surface area (Å²) in [6.45, 7) is 0. The molecule has 0 aliphatic rings. The van der Waals surface area contributed by atoms with E-state index in [0.29, 0.717) is 34.1 Å². The highest BCUT2D eigenvalue weighted by atomic mass is 19.1. The largest absolute Gasteiger partial charge is 0.493 e. The Kier molecular flexibility index (Phi) is 6.66. The quantitative estimate of drug-likeness (QED) is 0.598. The first-order chi connectivity index (χ1) is 14.9. The minimum atomic E-state index is -0.429. The van der Waals surface area contributed by atoms with Crippen molar-refractivity contribution in [1.29, 1.82) is 0 Å². The summed E-state index contributed by atoms with van der Waals surface area (Å²) in [5, 5.41) is 5.31. The van der Waals surface area contributed by atoms with Crippen molar-refractivity contribution >= 4 is 23.3 Å². The molecular formula is C22H20FN3O5. The smallest absolute Gasteiger partial charge is 0.256 e. The fraction of sp³-hybridized carbons (Fsp3) is 0.136. The number of aromatic nitrogens is 1. The lowest BCUT2D eigenvalue weighted by atomic mass is 10.1. The molecule has 1 heterocycles. The summed E-state index contributed by atoms with van der Waals surface area (Å²) in [5.74, 6) is 0.0882. The summed E-state index contributed by atoms with van der Waals surface area (Å²) < 4.78 is 28.7. The van der Waals surface area contributed by atoms with Crippen molar-refractivity contribution in [2.24, 2.45) is 0 Å². The molecule has 9 heteroatoms. The highest BCUT2D eigenvalue weighted by Crippen LogP contribution is 2.38. The van der Waals surface area contributed by atoms with Gasteiger partial charge in [0.25, 0.3) is 11.8 Å². The highest BCUT2D eigenvalue weighted by Gasteiger charge is 2.17. The summed E-state index contributed by atoms with van der Waals surface area (Å²) >= 11 is 0. The predicted octanol–water partition coefficient (Wildman–Crippen LogP) is 3.75. The molecule has 0 unspecified atom stereocenters. The van der Waals surface area contributed by atoms with Crippen molar-refractivity contribution in [1.82, 2.24) is 4.98 Å². The van der Waals surface area contributed by atoms with Gasteiger partial charge in [-0.25, -0.2) is 9.37 Å². The van der Waals surface area contributed by atoms with Crippen molar-refractivity contribution in [2.75, 3.05) is 32.0 Å². The number of amides is 2. The molecule has 0 radical (unpaired) electrons. The zero-order chi connectivity index (χ0) is 22.4. The van der Waals surface area contributed by atoms with Gasteiger partial charge in [-0.05, 0) is 48.5 Å². The summed E-state index contributed by atoms with van der Waals surface area (Å²) in [5.41, 5.74) is 1.00. The highest BCUT2D eigenvalue weighted by molar-refractivity contribution is 6.05. The first-order valence-electron chi connectivity index (χ1n) is 9.09. The number of pyridine rings is 1. The molecule has 0 saturated carbocycles. The molecule has 2 amide bonds. The van der Waals surface area contributed by atoms with Crippen LogP contribution >= 0.6 is 0 Å². The van der Waals surface area contributed by atoms with Gasteiger partial charge in [0, 0.05) is 11.1 Å². The number of benzene rings is 2. The standard InChI is InChI=1S/C22H20FN3O5/c1-29-17-10-14(11-18(30-2)20(17)31-3)22(28)25-16-8-9-19(24-12-16)26-21(27)13-4-6-15(23)7-5-13/h4-12H,1-3H3,(H,25,28)(H,24,26,27). The van der Waals surface area contributed by atoms with Gasteiger partial charge in [-0.1, -0.05) is 0 Å². The van der Waals surface area contributed by atoms with Crippen LogP contribution in [0.25, 0.3) is 0 Å². The molecule has 0 bridgehead atoms. The van der Waals surface area contributed by atoms with Crippen LogP contribution in [0.4, 0.5) is 15.9 Å². The van der Waals surface area contributed by atoms with Gasteiger partial charge in [-0.3, -0.25) is 9.59 Å². The Morgan fingerprint density at radius 3 is 1.94 bits per heavy atom. The number of methoxy groups -OCH3 is 3. The fourth-order valence-electron chi connectivity index (χ4n) is 2.75. The van der Waals surface area contributed by atoms with E-state index in [9.17, 15) is 14.0 Å². The molecule has 3 aromatic rings. The predicted molar refractivity (Wildman–Crippen MR) is 113 cm³/mol. The van der Waals surface area contributed by atoms with Crippen molar-refractivity contribution in [2.45, 2.75) is 0 Å². The molecule has 31 heavy (non-hydrogen) atoms. The van der Waals surface area contributed by atoms with Gasteiger partial charge in [-0.2, -0.15) is 0 Å². The van der Waals surface area contributed by atoms with Crippen molar-refractivity contribution in [3.05, 3.63) is 71.7 Å². The zero-order valence-corrected chi connectivity index (χ0v) is 17.1. The first-order valence-corrected chi connectivity index (χ1v) is 9.09. The number of nitrogens with zero attached hydrogens (tertiary/aromatic N) is 1. The van der Waals surface area contributed by atoms with Gasteiger partial charge < -0.3 is 24.8 Å². The van der Waals surface area contributed by atoms with Gasteiger partial charge in [-0.15, -0.1) is 0 Å². The molecular weight excluding hydrogens is 405 g/mol. The van der Waals surface area contributed by atoms with Crippen LogP contribution in [0.3, 0.4) is 0 Å². The minimum Gasteiger partial charge on any atom is -0.493 e. The SMILES string of the molecule is COc1cc(C(=O)Nc2ccc(NC(=O)c3ccc(F)cc3)nc2)cc(OC)c1OC. The van der Waals surface area contributed by atoms with E-state index in [0.717, 1.165) is 0 Å². The molecule has 2 N–H and O–H groups in total. The van der Waals surface area contributed by atoms with E-state index >= 15 is 0 Å². The molecule has 0 aliphatic heterocycles. The number of hydrogen-bond acceptors (Lipinski definition) is 6. The Hall–Kier alpha value is -4.14. The fourth-order valence-corrected chi connectivity index (χ4v) is 2.75. The van der Waals surface area contributed by atoms with E-state index in [1.54, 1.807) is 6.07 Å². The van der Waals surface area contributed by atoms with Gasteiger partial charge in [0.15, 0.2) is 11.5 Å². The maximum absolute atomic E-state index is 13.0. The zero-order valence-electron chi connectivity index (χ0n) is 17.1. The van der Waals surface area contributed by atoms with E-state index in [1.807, 2.05) is 0 Å². The molecule has 2 aromatic carbocycles. The van der Waals surface area contributed by atoms with E-state index in [1.165, 1.54) is 70.0 Å². The van der Waals surface area contributed by atoms with E-state index in [4.69, 9.17) is 14.2 Å². The first kappa shape index (κ1) is 21.6. The molecule has 160 valence electrons. The van der Waals surface area contributed by atoms with Crippen LogP contribution in [0.1, 0.15) is 20.7 Å². The Morgan fingerprint density at radius 1 is 0.806 bits per heavy atom. The molecule has 3 rings (SSSR count). The summed E-state index contributed by atoms with van der Waals surface area (Å²) in [6.07, 6.45) is 1.40. The van der Waals surface area contributed by atoms with E-state index in [-0.39, 0.29) is 5.82 Å². The Balaban J connectivity index is 1.70. The minimum absolute atomic E-state index is 0.278. The van der Waals surface area contributed by atoms with Crippen LogP contribution in [-0.4, -0.2) is 38.1 Å². The number of ether oxygens (including phenoxy) is 3. The second kappa shape index (κ2) is 9.57. The monoisotopic (exact) mass is 425 g/mol. The van der Waals surface area contributed by atoms with Gasteiger partial charge in [0.1, 0.15) is 11.6 Å². The number of rotatable bonds is 7. The van der Waals surface area contributed by atoms with E-state index in [2.05, 4.69) is 15.6 Å². The third-order valence-electron chi connectivity index (χ3n) is 4.30. The molecule has 0 spiro atoms. The Labute approximate surface area is 178 Å². The Bertz CT molecular complexity index is 1060. The van der Waals surface area contributed by atoms with Crippen molar-refractivity contribution in [3.63, 3.8) is 0 Å². The van der Waals surface area contributed by atoms with Crippen LogP contribution in [0.15, 0.2) is 54.7 Å². The second-order valence-electron chi connectivity index (χ2n) is 6.26. The molecule has 0 aliphatic carbocycles. The van der Waals surface area contributed by atoms with E-state index < -0.39 is 17.6 Å². The van der Waals surface area contributed by atoms with Crippen molar-refractivity contribution in [3.8, 4) is 17.2 Å². The van der Waals surface area contributed by atoms with Crippen LogP contribution < -0.4 is 24.8 Å². The van der Waals surface area contributed by atoms with Crippen LogP contribution in [0.2, 0.25) is 0 Å². The lowest BCUT2D eigenvalue weighted by Gasteiger charge is -2.14. The number of carbonyl (C=O) groups excluding carboxylic acids is 2. The summed E-state index contributed by atoms with van der Waals surface area (Å²) in [4.78, 5) is 28.9. The third-order valence-corrected chi connectivity index (χ3v) is 4.30. The lowest BCUT2D eigenvalue weighted by molar-refractivity contribution is 0.101. The molecule has 0 fully saturated rings. The van der Waals surface area contributed by atoms with Crippen LogP contribution in [0.5, 0.6) is 17.2 Å². The van der Waals surface area contributed by atoms with Gasteiger partial charge in [0.2, 0.25) is 5.75 Å². The maximum atomic E-state index is 13.0. The number of halogens is 1. The lowest BCUT2D eigenvalue weighted by Crippen LogP contribution is -2.14. The van der Waals surface area contributed by atoms with Crippen LogP contribution in [-0.2, 0) is 0 Å². The van der Waals surface area contributed by atoms with Gasteiger partial charge >= 0.3 is 0 Å². The molecule has 0 atom stereocenters. The Morgan fingerprint density at radius 2 is 1.42 bits per heavy atom. The number of nitrogens with one attached hydrogen (secondary N) is 2. The summed E-state index contributed by atoms with van der Waals surface area (Å²) in [6, 6.07) is 11.3. The third kappa shape index (κ3) is 5.08. The normalized spacial score (nSPS) is 10.2. The molecule has 0 saturated heterocycles. The number of carbonyl (C=O) groups is 2. The number of hydrogen-bond donors (Lipinski definition) is 2. The van der Waals surface area contributed by atoms with Crippen LogP contribution in [0, 0.1) is 5.82 Å². The number of anilines is 2. The average molecular weight is 425 g/mol. The molecule has 8 nitrogen and oxygen atoms in total.